The third-order valence-electron chi connectivity index (χ3n) is 7.12. The number of hydrogen-bond donors (Lipinski definition) is 3. The van der Waals surface area contributed by atoms with Gasteiger partial charge in [0.15, 0.2) is 0 Å². The number of anilines is 2. The van der Waals surface area contributed by atoms with Crippen molar-refractivity contribution >= 4 is 75.9 Å². The van der Waals surface area contributed by atoms with E-state index in [1.54, 1.807) is 36.4 Å². The molecule has 13 heteroatoms. The molecule has 0 saturated heterocycles. The van der Waals surface area contributed by atoms with Crippen LogP contribution in [0.15, 0.2) is 146 Å². The minimum absolute atomic E-state index is 0.236. The van der Waals surface area contributed by atoms with Gasteiger partial charge in [-0.05, 0) is 67.6 Å². The van der Waals surface area contributed by atoms with E-state index in [0.29, 0.717) is 38.9 Å². The molecule has 0 fully saturated rings. The first-order valence-electron chi connectivity index (χ1n) is 13.8. The Balaban J connectivity index is 1.40. The largest absolute Gasteiger partial charge is 0.355 e. The molecule has 0 aliphatic carbocycles. The van der Waals surface area contributed by atoms with E-state index in [-0.39, 0.29) is 20.9 Å². The molecule has 0 amide bonds. The average Bonchev–Trinajstić information content (AvgIpc) is 3.03. The standard InChI is InChI=1S/C33H25N5O6S2/c1-21-12-14-22(15-13-21)34-31-19-18-30(27-10-5-11-32(33(27)31)46(42,43)44)38-37-29-17-16-28(25-8-2-3-9-26(25)29)36-35-23-6-4-7-24(20-23)45(39,40)41/h2-20,34H,1H3,(H,39,40,41)(H,42,43,44)/b36-35-,38-37-. The number of azo groups is 2. The Kier molecular flexibility index (Phi) is 8.15. The molecular formula is C33H25N5O6S2. The molecule has 6 rings (SSSR count). The first-order chi connectivity index (χ1) is 22.0. The number of nitrogens with one attached hydrogen (secondary N) is 1. The van der Waals surface area contributed by atoms with E-state index in [0.717, 1.165) is 11.3 Å². The maximum Gasteiger partial charge on any atom is 0.295 e. The predicted octanol–water partition coefficient (Wildman–Crippen LogP) is 9.37. The van der Waals surface area contributed by atoms with E-state index in [1.807, 2.05) is 55.5 Å². The molecule has 0 aliphatic heterocycles. The van der Waals surface area contributed by atoms with Crippen LogP contribution in [0.4, 0.5) is 34.1 Å². The summed E-state index contributed by atoms with van der Waals surface area (Å²) in [4.78, 5) is -0.557. The summed E-state index contributed by atoms with van der Waals surface area (Å²) in [6.07, 6.45) is 0. The molecule has 0 aliphatic rings. The van der Waals surface area contributed by atoms with E-state index in [4.69, 9.17) is 0 Å². The van der Waals surface area contributed by atoms with Crippen LogP contribution in [0.3, 0.4) is 0 Å². The molecule has 0 atom stereocenters. The van der Waals surface area contributed by atoms with Crippen molar-refractivity contribution < 1.29 is 25.9 Å². The summed E-state index contributed by atoms with van der Waals surface area (Å²) in [5.41, 5.74) is 3.87. The minimum Gasteiger partial charge on any atom is -0.355 e. The van der Waals surface area contributed by atoms with E-state index in [2.05, 4.69) is 25.8 Å². The lowest BCUT2D eigenvalue weighted by molar-refractivity contribution is 0.481. The van der Waals surface area contributed by atoms with Gasteiger partial charge in [0.05, 0.1) is 27.6 Å². The van der Waals surface area contributed by atoms with Crippen molar-refractivity contribution in [1.29, 1.82) is 0 Å². The maximum atomic E-state index is 12.4. The zero-order valence-corrected chi connectivity index (χ0v) is 25.7. The highest BCUT2D eigenvalue weighted by molar-refractivity contribution is 7.86. The average molecular weight is 652 g/mol. The van der Waals surface area contributed by atoms with Gasteiger partial charge < -0.3 is 5.32 Å². The van der Waals surface area contributed by atoms with Crippen LogP contribution in [0.2, 0.25) is 0 Å². The van der Waals surface area contributed by atoms with Crippen LogP contribution in [0.25, 0.3) is 21.5 Å². The van der Waals surface area contributed by atoms with Crippen molar-refractivity contribution in [2.24, 2.45) is 20.5 Å². The lowest BCUT2D eigenvalue weighted by Gasteiger charge is -2.14. The summed E-state index contributed by atoms with van der Waals surface area (Å²) in [5.74, 6) is 0. The van der Waals surface area contributed by atoms with Crippen molar-refractivity contribution in [1.82, 2.24) is 0 Å². The fraction of sp³-hybridized carbons (Fsp3) is 0.0303. The quantitative estimate of drug-likeness (QED) is 0.109. The topological polar surface area (TPSA) is 170 Å². The third kappa shape index (κ3) is 6.53. The molecule has 230 valence electrons. The van der Waals surface area contributed by atoms with Crippen LogP contribution in [-0.2, 0) is 20.2 Å². The number of aryl methyl sites for hydroxylation is 1. The van der Waals surface area contributed by atoms with Crippen molar-refractivity contribution in [2.45, 2.75) is 16.7 Å². The Hall–Kier alpha value is -5.34. The van der Waals surface area contributed by atoms with E-state index >= 15 is 0 Å². The molecule has 0 aromatic heterocycles. The molecule has 0 bridgehead atoms. The Morgan fingerprint density at radius 3 is 1.76 bits per heavy atom. The van der Waals surface area contributed by atoms with Crippen LogP contribution in [0, 0.1) is 6.92 Å². The van der Waals surface area contributed by atoms with Gasteiger partial charge in [0, 0.05) is 32.9 Å². The highest BCUT2D eigenvalue weighted by Crippen LogP contribution is 2.40. The second-order valence-electron chi connectivity index (χ2n) is 10.3. The van der Waals surface area contributed by atoms with Crippen LogP contribution in [0.5, 0.6) is 0 Å². The van der Waals surface area contributed by atoms with Crippen LogP contribution < -0.4 is 5.32 Å². The Labute approximate surface area is 264 Å². The van der Waals surface area contributed by atoms with Crippen molar-refractivity contribution in [3.05, 3.63) is 121 Å². The van der Waals surface area contributed by atoms with E-state index in [9.17, 15) is 25.9 Å². The number of fused-ring (bicyclic) bond motifs is 2. The van der Waals surface area contributed by atoms with E-state index in [1.165, 1.54) is 30.3 Å². The summed E-state index contributed by atoms with van der Waals surface area (Å²) in [7, 11) is -8.97. The number of nitrogens with zero attached hydrogens (tertiary/aromatic N) is 4. The molecule has 3 N–H and O–H groups in total. The zero-order valence-electron chi connectivity index (χ0n) is 24.1. The summed E-state index contributed by atoms with van der Waals surface area (Å²) in [5, 5.41) is 22.8. The minimum atomic E-state index is -4.58. The lowest BCUT2D eigenvalue weighted by atomic mass is 10.1. The predicted molar refractivity (Wildman–Crippen MR) is 177 cm³/mol. The fourth-order valence-corrected chi connectivity index (χ4v) is 6.17. The first-order valence-corrected chi connectivity index (χ1v) is 16.7. The molecule has 11 nitrogen and oxygen atoms in total. The van der Waals surface area contributed by atoms with Crippen LogP contribution in [-0.4, -0.2) is 25.9 Å². The van der Waals surface area contributed by atoms with Gasteiger partial charge in [-0.25, -0.2) is 0 Å². The molecule has 0 heterocycles. The van der Waals surface area contributed by atoms with Gasteiger partial charge in [0.1, 0.15) is 4.90 Å². The van der Waals surface area contributed by atoms with E-state index < -0.39 is 20.2 Å². The van der Waals surface area contributed by atoms with Gasteiger partial charge in [0.2, 0.25) is 0 Å². The van der Waals surface area contributed by atoms with Gasteiger partial charge in [-0.15, -0.1) is 15.3 Å². The summed E-state index contributed by atoms with van der Waals surface area (Å²) >= 11 is 0. The molecule has 46 heavy (non-hydrogen) atoms. The van der Waals surface area contributed by atoms with Crippen LogP contribution in [0.1, 0.15) is 5.56 Å². The Morgan fingerprint density at radius 1 is 0.565 bits per heavy atom. The first kappa shape index (κ1) is 30.7. The molecular weight excluding hydrogens is 627 g/mol. The molecule has 0 saturated carbocycles. The second kappa shape index (κ2) is 12.2. The molecule has 6 aromatic rings. The van der Waals surface area contributed by atoms with Gasteiger partial charge in [-0.2, -0.15) is 21.9 Å². The smallest absolute Gasteiger partial charge is 0.295 e. The van der Waals surface area contributed by atoms with Crippen LogP contribution >= 0.6 is 0 Å². The lowest BCUT2D eigenvalue weighted by Crippen LogP contribution is -2.01. The monoisotopic (exact) mass is 651 g/mol. The summed E-state index contributed by atoms with van der Waals surface area (Å²) in [6, 6.07) is 31.7. The third-order valence-corrected chi connectivity index (χ3v) is 8.87. The van der Waals surface area contributed by atoms with Gasteiger partial charge in [0.25, 0.3) is 20.2 Å². The fourth-order valence-electron chi connectivity index (χ4n) is 4.92. The van der Waals surface area contributed by atoms with Crippen molar-refractivity contribution in [2.75, 3.05) is 5.32 Å². The molecule has 0 spiro atoms. The van der Waals surface area contributed by atoms with Crippen molar-refractivity contribution in [3.8, 4) is 0 Å². The highest BCUT2D eigenvalue weighted by atomic mass is 32.2. The Bertz CT molecular complexity index is 2410. The highest BCUT2D eigenvalue weighted by Gasteiger charge is 2.19. The number of benzene rings is 6. The summed E-state index contributed by atoms with van der Waals surface area (Å²) in [6.45, 7) is 1.96. The second-order valence-corrected chi connectivity index (χ2v) is 13.1. The maximum absolute atomic E-state index is 12.4. The number of rotatable bonds is 8. The zero-order chi connectivity index (χ0) is 32.5. The molecule has 0 unspecified atom stereocenters. The molecule has 6 aromatic carbocycles. The van der Waals surface area contributed by atoms with Gasteiger partial charge in [-0.3, -0.25) is 9.11 Å². The van der Waals surface area contributed by atoms with Gasteiger partial charge >= 0.3 is 0 Å². The summed E-state index contributed by atoms with van der Waals surface area (Å²) < 4.78 is 67.2. The molecule has 0 radical (unpaired) electrons. The SMILES string of the molecule is Cc1ccc(Nc2ccc(/N=N\c3ccc(/N=N\c4cccc(S(=O)(=O)O)c4)c4ccccc34)c3cccc(S(=O)(=O)O)c23)cc1. The van der Waals surface area contributed by atoms with Gasteiger partial charge in [-0.1, -0.05) is 60.2 Å². The normalized spacial score (nSPS) is 12.4. The van der Waals surface area contributed by atoms with Crippen molar-refractivity contribution in [3.63, 3.8) is 0 Å². The Morgan fingerprint density at radius 2 is 1.13 bits per heavy atom. The number of hydrogen-bond acceptors (Lipinski definition) is 9.